The lowest BCUT2D eigenvalue weighted by molar-refractivity contribution is -0.136. The number of nitrogens with zero attached hydrogens (tertiary/aromatic N) is 2. The molecule has 0 saturated carbocycles. The van der Waals surface area contributed by atoms with Crippen molar-refractivity contribution in [2.45, 2.75) is 51.1 Å². The summed E-state index contributed by atoms with van der Waals surface area (Å²) in [6.07, 6.45) is 5.92. The van der Waals surface area contributed by atoms with Crippen LogP contribution in [0.4, 0.5) is 0 Å². The second-order valence-corrected chi connectivity index (χ2v) is 5.71. The van der Waals surface area contributed by atoms with E-state index in [0.29, 0.717) is 24.5 Å². The summed E-state index contributed by atoms with van der Waals surface area (Å²) in [6, 6.07) is 1.03. The molecule has 0 bridgehead atoms. The molecule has 2 atom stereocenters. The Bertz CT molecular complexity index is 282. The number of nitrogens with one attached hydrogen (secondary N) is 1. The summed E-state index contributed by atoms with van der Waals surface area (Å²) in [5.41, 5.74) is 0. The van der Waals surface area contributed by atoms with Gasteiger partial charge in [0.25, 0.3) is 0 Å². The number of hydrogen-bond acceptors (Lipinski definition) is 3. The van der Waals surface area contributed by atoms with Gasteiger partial charge in [0.1, 0.15) is 0 Å². The number of hydrogen-bond donors (Lipinski definition) is 1. The molecule has 2 fully saturated rings. The van der Waals surface area contributed by atoms with Gasteiger partial charge in [-0.05, 0) is 45.7 Å². The molecule has 0 radical (unpaired) electrons. The fourth-order valence-corrected chi connectivity index (χ4v) is 3.20. The molecule has 112 valence electrons. The molecular weight excluding hydrogens is 262 g/mol. The highest BCUT2D eigenvalue weighted by molar-refractivity contribution is 5.85. The minimum Gasteiger partial charge on any atom is -0.339 e. The lowest BCUT2D eigenvalue weighted by atomic mass is 10.00. The van der Waals surface area contributed by atoms with E-state index in [2.05, 4.69) is 29.1 Å². The smallest absolute Gasteiger partial charge is 0.236 e. The number of carbonyl (C=O) groups excluding carboxylic acids is 1. The minimum atomic E-state index is 0. The molecule has 0 aromatic rings. The summed E-state index contributed by atoms with van der Waals surface area (Å²) >= 11 is 0. The van der Waals surface area contributed by atoms with Gasteiger partial charge in [0, 0.05) is 25.2 Å². The Hall–Kier alpha value is -0.320. The largest absolute Gasteiger partial charge is 0.339 e. The number of piperidine rings is 1. The van der Waals surface area contributed by atoms with Crippen LogP contribution in [0.1, 0.15) is 39.0 Å². The second kappa shape index (κ2) is 8.08. The molecule has 0 aromatic heterocycles. The van der Waals surface area contributed by atoms with E-state index in [-0.39, 0.29) is 12.4 Å². The Morgan fingerprint density at radius 1 is 1.37 bits per heavy atom. The molecular formula is C14H28ClN3O. The standard InChI is InChI=1S/C14H27N3O.ClH/c1-3-12-6-4-5-9-17(12)14(18)11-16(2)13-7-8-15-10-13;/h12-13,15H,3-11H2,1-2H3;1H. The van der Waals surface area contributed by atoms with Crippen molar-refractivity contribution in [3.8, 4) is 0 Å². The maximum atomic E-state index is 12.4. The molecule has 19 heavy (non-hydrogen) atoms. The van der Waals surface area contributed by atoms with Gasteiger partial charge in [0.15, 0.2) is 0 Å². The van der Waals surface area contributed by atoms with E-state index in [9.17, 15) is 4.79 Å². The summed E-state index contributed by atoms with van der Waals surface area (Å²) in [6.45, 7) is 5.86. The molecule has 2 heterocycles. The maximum absolute atomic E-state index is 12.4. The van der Waals surface area contributed by atoms with Crippen LogP contribution in [-0.4, -0.2) is 61.0 Å². The first-order valence-electron chi connectivity index (χ1n) is 7.42. The second-order valence-electron chi connectivity index (χ2n) is 5.71. The van der Waals surface area contributed by atoms with Crippen LogP contribution in [0.15, 0.2) is 0 Å². The Labute approximate surface area is 123 Å². The highest BCUT2D eigenvalue weighted by Crippen LogP contribution is 2.20. The van der Waals surface area contributed by atoms with Crippen molar-refractivity contribution in [3.05, 3.63) is 0 Å². The van der Waals surface area contributed by atoms with Crippen LogP contribution in [0.3, 0.4) is 0 Å². The van der Waals surface area contributed by atoms with Crippen molar-refractivity contribution in [1.29, 1.82) is 0 Å². The van der Waals surface area contributed by atoms with Crippen molar-refractivity contribution in [2.75, 3.05) is 33.2 Å². The fourth-order valence-electron chi connectivity index (χ4n) is 3.20. The summed E-state index contributed by atoms with van der Waals surface area (Å²) < 4.78 is 0. The topological polar surface area (TPSA) is 35.6 Å². The number of likely N-dealkylation sites (N-methyl/N-ethyl adjacent to an activating group) is 1. The van der Waals surface area contributed by atoms with Gasteiger partial charge in [-0.25, -0.2) is 0 Å². The maximum Gasteiger partial charge on any atom is 0.236 e. The third kappa shape index (κ3) is 4.33. The molecule has 0 spiro atoms. The van der Waals surface area contributed by atoms with E-state index in [1.807, 2.05) is 0 Å². The number of halogens is 1. The monoisotopic (exact) mass is 289 g/mol. The Morgan fingerprint density at radius 2 is 2.16 bits per heavy atom. The van der Waals surface area contributed by atoms with Crippen molar-refractivity contribution < 1.29 is 4.79 Å². The summed E-state index contributed by atoms with van der Waals surface area (Å²) in [5, 5.41) is 3.36. The summed E-state index contributed by atoms with van der Waals surface area (Å²) in [5.74, 6) is 0.330. The van der Waals surface area contributed by atoms with E-state index >= 15 is 0 Å². The SMILES string of the molecule is CCC1CCCCN1C(=O)CN(C)C1CCNC1.Cl. The highest BCUT2D eigenvalue weighted by Gasteiger charge is 2.28. The third-order valence-corrected chi connectivity index (χ3v) is 4.46. The third-order valence-electron chi connectivity index (χ3n) is 4.46. The van der Waals surface area contributed by atoms with Crippen LogP contribution < -0.4 is 5.32 Å². The zero-order valence-electron chi connectivity index (χ0n) is 12.2. The van der Waals surface area contributed by atoms with Crippen molar-refractivity contribution in [1.82, 2.24) is 15.1 Å². The predicted octanol–water partition coefficient (Wildman–Crippen LogP) is 1.49. The first-order chi connectivity index (χ1) is 8.72. The highest BCUT2D eigenvalue weighted by atomic mass is 35.5. The number of amides is 1. The van der Waals surface area contributed by atoms with E-state index in [4.69, 9.17) is 0 Å². The molecule has 2 unspecified atom stereocenters. The Balaban J connectivity index is 0.00000180. The van der Waals surface area contributed by atoms with Crippen molar-refractivity contribution in [2.24, 2.45) is 0 Å². The van der Waals surface area contributed by atoms with Crippen LogP contribution in [0.25, 0.3) is 0 Å². The molecule has 2 aliphatic rings. The van der Waals surface area contributed by atoms with Gasteiger partial charge in [-0.1, -0.05) is 6.92 Å². The Morgan fingerprint density at radius 3 is 2.79 bits per heavy atom. The zero-order chi connectivity index (χ0) is 13.0. The van der Waals surface area contributed by atoms with Gasteiger partial charge in [-0.2, -0.15) is 0 Å². The van der Waals surface area contributed by atoms with Crippen LogP contribution >= 0.6 is 12.4 Å². The van der Waals surface area contributed by atoms with Gasteiger partial charge in [-0.3, -0.25) is 9.69 Å². The van der Waals surface area contributed by atoms with Gasteiger partial charge >= 0.3 is 0 Å². The van der Waals surface area contributed by atoms with E-state index < -0.39 is 0 Å². The molecule has 2 saturated heterocycles. The van der Waals surface area contributed by atoms with Gasteiger partial charge in [-0.15, -0.1) is 12.4 Å². The molecule has 1 amide bonds. The zero-order valence-corrected chi connectivity index (χ0v) is 13.0. The average molecular weight is 290 g/mol. The lowest BCUT2D eigenvalue weighted by Gasteiger charge is -2.37. The molecule has 2 rings (SSSR count). The lowest BCUT2D eigenvalue weighted by Crippen LogP contribution is -2.49. The number of carbonyl (C=O) groups is 1. The molecule has 4 nitrogen and oxygen atoms in total. The van der Waals surface area contributed by atoms with E-state index in [1.54, 1.807) is 0 Å². The van der Waals surface area contributed by atoms with E-state index in [0.717, 1.165) is 26.1 Å². The van der Waals surface area contributed by atoms with Crippen LogP contribution in [0.2, 0.25) is 0 Å². The molecule has 0 aromatic carbocycles. The predicted molar refractivity (Wildman–Crippen MR) is 80.8 cm³/mol. The molecule has 1 N–H and O–H groups in total. The van der Waals surface area contributed by atoms with Crippen LogP contribution in [0, 0.1) is 0 Å². The average Bonchev–Trinajstić information content (AvgIpc) is 2.92. The van der Waals surface area contributed by atoms with E-state index in [1.165, 1.54) is 25.7 Å². The molecule has 0 aliphatic carbocycles. The van der Waals surface area contributed by atoms with Crippen LogP contribution in [0.5, 0.6) is 0 Å². The summed E-state index contributed by atoms with van der Waals surface area (Å²) in [7, 11) is 2.08. The first-order valence-corrected chi connectivity index (χ1v) is 7.42. The minimum absolute atomic E-state index is 0. The van der Waals surface area contributed by atoms with Crippen LogP contribution in [-0.2, 0) is 4.79 Å². The van der Waals surface area contributed by atoms with Gasteiger partial charge in [0.05, 0.1) is 6.54 Å². The fraction of sp³-hybridized carbons (Fsp3) is 0.929. The van der Waals surface area contributed by atoms with Crippen molar-refractivity contribution in [3.63, 3.8) is 0 Å². The molecule has 5 heteroatoms. The van der Waals surface area contributed by atoms with Gasteiger partial charge in [0.2, 0.25) is 5.91 Å². The number of rotatable bonds is 4. The normalized spacial score (nSPS) is 27.4. The molecule has 2 aliphatic heterocycles. The first kappa shape index (κ1) is 16.7. The quantitative estimate of drug-likeness (QED) is 0.852. The van der Waals surface area contributed by atoms with Crippen molar-refractivity contribution >= 4 is 18.3 Å². The number of likely N-dealkylation sites (tertiary alicyclic amines) is 1. The Kier molecular flexibility index (Phi) is 7.11. The summed E-state index contributed by atoms with van der Waals surface area (Å²) in [4.78, 5) is 16.8. The van der Waals surface area contributed by atoms with Gasteiger partial charge < -0.3 is 10.2 Å².